The quantitative estimate of drug-likeness (QED) is 0.0790. The fourth-order valence-electron chi connectivity index (χ4n) is 6.97. The van der Waals surface area contributed by atoms with Crippen LogP contribution in [0.2, 0.25) is 0 Å². The average Bonchev–Trinajstić information content (AvgIpc) is 3.20. The minimum atomic E-state index is -3.85. The van der Waals surface area contributed by atoms with Gasteiger partial charge in [0.2, 0.25) is 9.84 Å². The third-order valence-corrected chi connectivity index (χ3v) is 22.6. The number of rotatable bonds is 28. The molecular formula is C46H80O6P2S. The van der Waals surface area contributed by atoms with Crippen molar-refractivity contribution in [2.24, 2.45) is 0 Å². The monoisotopic (exact) mass is 823 g/mol. The molecule has 55 heavy (non-hydrogen) atoms. The van der Waals surface area contributed by atoms with Gasteiger partial charge in [-0.1, -0.05) is 131 Å². The molecule has 0 saturated carbocycles. The number of carbonyl (C=O) groups excluding carboxylic acids is 2. The summed E-state index contributed by atoms with van der Waals surface area (Å²) >= 11 is 0. The second-order valence-corrected chi connectivity index (χ2v) is 26.3. The standard InChI is InChI=1S/2C16H36P.C14H10O6S/c2*1-5-9-13-17(14-10-6-2,15-11-7-3)16-12-8-4;15-13(16)9-1-5-11(6-2-9)21(19,20)12-7-3-10(4-8-12)14(17)18/h2*5-16H2,1-4H3;1-8H,(H,15,16)(H,17,18)/q2*+1;/p-2. The highest BCUT2D eigenvalue weighted by atomic mass is 32.2. The maximum Gasteiger partial charge on any atom is 0.206 e. The maximum absolute atomic E-state index is 12.3. The van der Waals surface area contributed by atoms with Crippen molar-refractivity contribution in [3.05, 3.63) is 59.7 Å². The summed E-state index contributed by atoms with van der Waals surface area (Å²) in [6, 6.07) is 9.07. The van der Waals surface area contributed by atoms with E-state index in [0.29, 0.717) is 0 Å². The van der Waals surface area contributed by atoms with E-state index in [9.17, 15) is 28.2 Å². The first-order valence-electron chi connectivity index (χ1n) is 21.9. The summed E-state index contributed by atoms with van der Waals surface area (Å²) in [5.74, 6) is -2.81. The van der Waals surface area contributed by atoms with Crippen molar-refractivity contribution >= 4 is 36.3 Å². The molecular weight excluding hydrogens is 743 g/mol. The molecule has 0 fully saturated rings. The normalized spacial score (nSPS) is 11.6. The molecule has 0 bridgehead atoms. The molecule has 9 heteroatoms. The van der Waals surface area contributed by atoms with Crippen LogP contribution < -0.4 is 10.2 Å². The highest BCUT2D eigenvalue weighted by Gasteiger charge is 2.35. The van der Waals surface area contributed by atoms with Crippen molar-refractivity contribution in [1.29, 1.82) is 0 Å². The van der Waals surface area contributed by atoms with Gasteiger partial charge in [0.15, 0.2) is 0 Å². The van der Waals surface area contributed by atoms with E-state index in [2.05, 4.69) is 55.4 Å². The molecule has 2 aromatic rings. The summed E-state index contributed by atoms with van der Waals surface area (Å²) in [4.78, 5) is 21.0. The van der Waals surface area contributed by atoms with E-state index in [1.807, 2.05) is 0 Å². The van der Waals surface area contributed by atoms with E-state index in [0.717, 1.165) is 48.5 Å². The van der Waals surface area contributed by atoms with Crippen molar-refractivity contribution in [2.45, 2.75) is 168 Å². The molecule has 0 heterocycles. The minimum absolute atomic E-state index is 0.103. The Hall–Kier alpha value is -1.81. The molecule has 0 atom stereocenters. The Balaban J connectivity index is 0.000000804. The number of hydrogen-bond donors (Lipinski definition) is 0. The highest BCUT2D eigenvalue weighted by Crippen LogP contribution is 2.62. The fourth-order valence-corrected chi connectivity index (χ4v) is 18.8. The summed E-state index contributed by atoms with van der Waals surface area (Å²) in [5, 5.41) is 21.2. The predicted molar refractivity (Wildman–Crippen MR) is 239 cm³/mol. The van der Waals surface area contributed by atoms with Crippen molar-refractivity contribution in [2.75, 3.05) is 49.3 Å². The Labute approximate surface area is 340 Å². The second-order valence-electron chi connectivity index (χ2n) is 15.4. The summed E-state index contributed by atoms with van der Waals surface area (Å²) in [6.07, 6.45) is 35.9. The van der Waals surface area contributed by atoms with E-state index < -0.39 is 36.3 Å². The van der Waals surface area contributed by atoms with Gasteiger partial charge in [-0.05, 0) is 86.8 Å². The Morgan fingerprint density at radius 3 is 0.727 bits per heavy atom. The lowest BCUT2D eigenvalue weighted by molar-refractivity contribution is -0.256. The second kappa shape index (κ2) is 31.2. The van der Waals surface area contributed by atoms with Crippen LogP contribution in [-0.4, -0.2) is 69.7 Å². The van der Waals surface area contributed by atoms with Gasteiger partial charge in [0, 0.05) is 14.5 Å². The number of carboxylic acid groups (broad SMARTS) is 2. The zero-order chi connectivity index (χ0) is 41.6. The summed E-state index contributed by atoms with van der Waals surface area (Å²) in [6.45, 7) is 18.8. The number of benzene rings is 2. The first-order chi connectivity index (χ1) is 26.3. The van der Waals surface area contributed by atoms with E-state index >= 15 is 0 Å². The molecule has 0 aliphatic heterocycles. The first-order valence-corrected chi connectivity index (χ1v) is 28.4. The van der Waals surface area contributed by atoms with Crippen LogP contribution in [0.15, 0.2) is 58.3 Å². The average molecular weight is 823 g/mol. The van der Waals surface area contributed by atoms with Crippen LogP contribution in [0.4, 0.5) is 0 Å². The lowest BCUT2D eigenvalue weighted by Crippen LogP contribution is -2.22. The molecule has 0 N–H and O–H groups in total. The van der Waals surface area contributed by atoms with Gasteiger partial charge in [0.1, 0.15) is 0 Å². The van der Waals surface area contributed by atoms with Crippen LogP contribution in [0, 0.1) is 0 Å². The lowest BCUT2D eigenvalue weighted by atomic mass is 10.2. The topological polar surface area (TPSA) is 114 Å². The van der Waals surface area contributed by atoms with Gasteiger partial charge in [0.25, 0.3) is 0 Å². The van der Waals surface area contributed by atoms with E-state index in [1.54, 1.807) is 49.3 Å². The Morgan fingerprint density at radius 2 is 0.582 bits per heavy atom. The molecule has 2 aromatic carbocycles. The molecule has 0 saturated heterocycles. The number of sulfone groups is 1. The van der Waals surface area contributed by atoms with Gasteiger partial charge in [-0.3, -0.25) is 0 Å². The van der Waals surface area contributed by atoms with Crippen molar-refractivity contribution in [1.82, 2.24) is 0 Å². The van der Waals surface area contributed by atoms with E-state index in [4.69, 9.17) is 0 Å². The van der Waals surface area contributed by atoms with Crippen LogP contribution in [-0.2, 0) is 9.84 Å². The molecule has 0 spiro atoms. The van der Waals surface area contributed by atoms with E-state index in [-0.39, 0.29) is 20.9 Å². The van der Waals surface area contributed by atoms with Crippen LogP contribution >= 0.6 is 14.5 Å². The summed E-state index contributed by atoms with van der Waals surface area (Å²) in [7, 11) is -4.98. The molecule has 6 nitrogen and oxygen atoms in total. The van der Waals surface area contributed by atoms with Gasteiger partial charge in [-0.15, -0.1) is 0 Å². The van der Waals surface area contributed by atoms with Gasteiger partial charge in [-0.2, -0.15) is 0 Å². The van der Waals surface area contributed by atoms with Gasteiger partial charge >= 0.3 is 0 Å². The van der Waals surface area contributed by atoms with Crippen molar-refractivity contribution in [3.8, 4) is 0 Å². The third-order valence-electron chi connectivity index (χ3n) is 10.7. The smallest absolute Gasteiger partial charge is 0.206 e. The number of carbonyl (C=O) groups is 2. The van der Waals surface area contributed by atoms with Crippen molar-refractivity contribution in [3.63, 3.8) is 0 Å². The summed E-state index contributed by atoms with van der Waals surface area (Å²) in [5.41, 5.74) is -0.275. The van der Waals surface area contributed by atoms with Crippen LogP contribution in [0.5, 0.6) is 0 Å². The molecule has 0 unspecified atom stereocenters. The molecule has 0 aliphatic rings. The first kappa shape index (κ1) is 53.2. The molecule has 2 rings (SSSR count). The third kappa shape index (κ3) is 21.5. The fraction of sp³-hybridized carbons (Fsp3) is 0.696. The number of unbranched alkanes of at least 4 members (excludes halogenated alkanes) is 8. The van der Waals surface area contributed by atoms with Crippen LogP contribution in [0.25, 0.3) is 0 Å². The van der Waals surface area contributed by atoms with Crippen molar-refractivity contribution < 1.29 is 28.2 Å². The molecule has 0 radical (unpaired) electrons. The zero-order valence-electron chi connectivity index (χ0n) is 36.3. The maximum atomic E-state index is 12.3. The Morgan fingerprint density at radius 1 is 0.400 bits per heavy atom. The van der Waals surface area contributed by atoms with Crippen LogP contribution in [0.1, 0.15) is 179 Å². The zero-order valence-corrected chi connectivity index (χ0v) is 38.9. The Kier molecular flexibility index (Phi) is 30.2. The summed E-state index contributed by atoms with van der Waals surface area (Å²) < 4.78 is 24.5. The number of aromatic carboxylic acids is 2. The minimum Gasteiger partial charge on any atom is -0.545 e. The lowest BCUT2D eigenvalue weighted by Gasteiger charge is -2.28. The molecule has 0 amide bonds. The molecule has 0 aliphatic carbocycles. The number of hydrogen-bond acceptors (Lipinski definition) is 6. The van der Waals surface area contributed by atoms with Gasteiger partial charge in [-0.25, -0.2) is 8.42 Å². The highest BCUT2D eigenvalue weighted by molar-refractivity contribution is 7.91. The van der Waals surface area contributed by atoms with Crippen LogP contribution in [0.3, 0.4) is 0 Å². The van der Waals surface area contributed by atoms with E-state index in [1.165, 1.54) is 103 Å². The molecule has 316 valence electrons. The predicted octanol–water partition coefficient (Wildman–Crippen LogP) is 11.7. The van der Waals surface area contributed by atoms with Gasteiger partial charge in [0.05, 0.1) is 71.0 Å². The SMILES string of the molecule is CCCC[P+](CCCC)(CCCC)CCCC.CCCC[P+](CCCC)(CCCC)CCCC.O=C([O-])c1ccc(S(=O)(=O)c2ccc(C(=O)[O-])cc2)cc1. The molecule has 0 aromatic heterocycles. The Bertz CT molecular complexity index is 1200. The van der Waals surface area contributed by atoms with Gasteiger partial charge < -0.3 is 19.8 Å². The largest absolute Gasteiger partial charge is 0.545 e. The number of carboxylic acids is 2.